The molecule has 3 saturated heterocycles. The maximum absolute atomic E-state index is 11.8. The first kappa shape index (κ1) is 24.9. The van der Waals surface area contributed by atoms with Crippen molar-refractivity contribution in [2.24, 2.45) is 0 Å². The predicted octanol–water partition coefficient (Wildman–Crippen LogP) is -3.45. The molecule has 0 aromatic carbocycles. The number of hydrogen-bond donors (Lipinski definition) is 5. The lowest BCUT2D eigenvalue weighted by Crippen LogP contribution is -2.68. The second-order valence-corrected chi connectivity index (χ2v) is 8.08. The molecule has 3 fully saturated rings. The van der Waals surface area contributed by atoms with E-state index in [1.54, 1.807) is 0 Å². The molecule has 182 valence electrons. The van der Waals surface area contributed by atoms with Gasteiger partial charge >= 0.3 is 0 Å². The van der Waals surface area contributed by atoms with Gasteiger partial charge in [-0.25, -0.2) is 0 Å². The van der Waals surface area contributed by atoms with E-state index in [1.807, 2.05) is 0 Å². The highest BCUT2D eigenvalue weighted by molar-refractivity contribution is 5.73. The third-order valence-electron chi connectivity index (χ3n) is 5.55. The molecule has 3 rings (SSSR count). The molecule has 2 amide bonds. The third-order valence-corrected chi connectivity index (χ3v) is 5.55. The third kappa shape index (κ3) is 5.26. The maximum atomic E-state index is 11.8. The van der Waals surface area contributed by atoms with Crippen LogP contribution in [-0.4, -0.2) is 114 Å². The number of rotatable bonds is 8. The van der Waals surface area contributed by atoms with E-state index in [4.69, 9.17) is 23.7 Å². The molecule has 2 bridgehead atoms. The predicted molar refractivity (Wildman–Crippen MR) is 103 cm³/mol. The summed E-state index contributed by atoms with van der Waals surface area (Å²) in [6.07, 6.45) is -9.14. The highest BCUT2D eigenvalue weighted by atomic mass is 16.8. The van der Waals surface area contributed by atoms with Crippen molar-refractivity contribution in [3.8, 4) is 0 Å². The summed E-state index contributed by atoms with van der Waals surface area (Å²) < 4.78 is 28.9. The van der Waals surface area contributed by atoms with Crippen molar-refractivity contribution in [2.75, 3.05) is 13.2 Å². The standard InChI is InChI=1S/C19H30N2O11/c1-7(4-22)29-17-13(21-9(3)25)18-28-6-11(31-18)16(17)32-19-12(20-8(2)24)15(27)14(26)10(5-23)30-19/h4,7,10-19,23,26-27H,5-6H2,1-3H3,(H,20,24)(H,21,25)/t7-,10+,11+,12+,13+,14+,15+,16+,17+,18+,19-/m1/s1. The van der Waals surface area contributed by atoms with Crippen molar-refractivity contribution in [3.63, 3.8) is 0 Å². The molecule has 11 atom stereocenters. The highest BCUT2D eigenvalue weighted by Crippen LogP contribution is 2.35. The number of carbonyl (C=O) groups excluding carboxylic acids is 3. The van der Waals surface area contributed by atoms with Crippen LogP contribution in [0.25, 0.3) is 0 Å². The number of fused-ring (bicyclic) bond motifs is 2. The molecule has 0 aromatic rings. The largest absolute Gasteiger partial charge is 0.394 e. The lowest BCUT2D eigenvalue weighted by Gasteiger charge is -2.46. The average molecular weight is 462 g/mol. The Labute approximate surface area is 184 Å². The van der Waals surface area contributed by atoms with Crippen molar-refractivity contribution >= 4 is 18.1 Å². The Bertz CT molecular complexity index is 694. The van der Waals surface area contributed by atoms with Crippen molar-refractivity contribution in [1.82, 2.24) is 10.6 Å². The Morgan fingerprint density at radius 1 is 1.09 bits per heavy atom. The molecule has 13 heteroatoms. The number of aliphatic hydroxyl groups is 3. The minimum absolute atomic E-state index is 0.0902. The number of amides is 2. The number of aldehydes is 1. The Morgan fingerprint density at radius 3 is 2.34 bits per heavy atom. The Balaban J connectivity index is 1.89. The van der Waals surface area contributed by atoms with Gasteiger partial charge in [0.25, 0.3) is 0 Å². The van der Waals surface area contributed by atoms with Crippen LogP contribution in [0.4, 0.5) is 0 Å². The molecule has 3 aliphatic heterocycles. The van der Waals surface area contributed by atoms with Crippen molar-refractivity contribution in [3.05, 3.63) is 0 Å². The van der Waals surface area contributed by atoms with E-state index in [0.717, 1.165) is 0 Å². The quantitative estimate of drug-likeness (QED) is 0.226. The van der Waals surface area contributed by atoms with Crippen LogP contribution >= 0.6 is 0 Å². The molecule has 3 heterocycles. The molecule has 0 unspecified atom stereocenters. The van der Waals surface area contributed by atoms with E-state index in [2.05, 4.69) is 10.6 Å². The molecule has 0 aliphatic carbocycles. The van der Waals surface area contributed by atoms with Crippen LogP contribution in [0.3, 0.4) is 0 Å². The zero-order valence-electron chi connectivity index (χ0n) is 18.0. The SMILES string of the molecule is CC(=O)N[C@@H]1[C@@H](O[C@@H]2[C@@H](O[C@H](C)C=O)[C@H](NC(C)=O)[C@H]3OC[C@@H]2O3)O[C@@H](CO)[C@H](O)[C@H]1O. The number of aliphatic hydroxyl groups excluding tert-OH is 3. The van der Waals surface area contributed by atoms with Gasteiger partial charge in [-0.3, -0.25) is 9.59 Å². The van der Waals surface area contributed by atoms with E-state index in [9.17, 15) is 29.7 Å². The van der Waals surface area contributed by atoms with E-state index < -0.39 is 79.9 Å². The normalized spacial score (nSPS) is 42.2. The molecule has 0 aromatic heterocycles. The summed E-state index contributed by atoms with van der Waals surface area (Å²) in [6.45, 7) is 3.52. The summed E-state index contributed by atoms with van der Waals surface area (Å²) in [5, 5.41) is 35.4. The van der Waals surface area contributed by atoms with Crippen LogP contribution in [0.5, 0.6) is 0 Å². The lowest BCUT2D eigenvalue weighted by molar-refractivity contribution is -0.313. The van der Waals surface area contributed by atoms with Crippen molar-refractivity contribution < 1.29 is 53.4 Å². The topological polar surface area (TPSA) is 182 Å². The first-order valence-corrected chi connectivity index (χ1v) is 10.4. The maximum Gasteiger partial charge on any atom is 0.217 e. The zero-order valence-corrected chi connectivity index (χ0v) is 18.0. The van der Waals surface area contributed by atoms with Crippen LogP contribution < -0.4 is 10.6 Å². The first-order valence-electron chi connectivity index (χ1n) is 10.4. The van der Waals surface area contributed by atoms with Crippen LogP contribution in [-0.2, 0) is 38.1 Å². The van der Waals surface area contributed by atoms with Crippen LogP contribution in [0.1, 0.15) is 20.8 Å². The molecule has 0 spiro atoms. The van der Waals surface area contributed by atoms with Crippen molar-refractivity contribution in [1.29, 1.82) is 0 Å². The summed E-state index contributed by atoms with van der Waals surface area (Å²) in [5.41, 5.74) is 0. The van der Waals surface area contributed by atoms with Crippen LogP contribution in [0, 0.1) is 0 Å². The van der Waals surface area contributed by atoms with Gasteiger partial charge in [0.05, 0.1) is 13.2 Å². The van der Waals surface area contributed by atoms with Gasteiger partial charge in [-0.1, -0.05) is 0 Å². The van der Waals surface area contributed by atoms with Crippen LogP contribution in [0.2, 0.25) is 0 Å². The highest BCUT2D eigenvalue weighted by Gasteiger charge is 2.55. The van der Waals surface area contributed by atoms with E-state index >= 15 is 0 Å². The molecule has 13 nitrogen and oxygen atoms in total. The second-order valence-electron chi connectivity index (χ2n) is 8.08. The van der Waals surface area contributed by atoms with E-state index in [1.165, 1.54) is 20.8 Å². The van der Waals surface area contributed by atoms with Crippen molar-refractivity contribution in [2.45, 2.75) is 88.2 Å². The Morgan fingerprint density at radius 2 is 1.75 bits per heavy atom. The summed E-state index contributed by atoms with van der Waals surface area (Å²) >= 11 is 0. The minimum atomic E-state index is -1.51. The van der Waals surface area contributed by atoms with Gasteiger partial charge in [-0.2, -0.15) is 0 Å². The fraction of sp³-hybridized carbons (Fsp3) is 0.842. The van der Waals surface area contributed by atoms with Gasteiger partial charge in [0.1, 0.15) is 61.1 Å². The zero-order chi connectivity index (χ0) is 23.6. The number of ether oxygens (including phenoxy) is 5. The first-order chi connectivity index (χ1) is 15.2. The van der Waals surface area contributed by atoms with E-state index in [0.29, 0.717) is 6.29 Å². The smallest absolute Gasteiger partial charge is 0.217 e. The van der Waals surface area contributed by atoms with Gasteiger partial charge in [0.2, 0.25) is 11.8 Å². The van der Waals surface area contributed by atoms with Gasteiger partial charge in [0.15, 0.2) is 12.6 Å². The summed E-state index contributed by atoms with van der Waals surface area (Å²) in [5.74, 6) is -0.897. The monoisotopic (exact) mass is 462 g/mol. The van der Waals surface area contributed by atoms with Gasteiger partial charge in [-0.05, 0) is 6.92 Å². The fourth-order valence-electron chi connectivity index (χ4n) is 4.11. The van der Waals surface area contributed by atoms with Gasteiger partial charge < -0.3 is 54.4 Å². The molecular weight excluding hydrogens is 432 g/mol. The summed E-state index contributed by atoms with van der Waals surface area (Å²) in [6, 6.07) is -2.01. The minimum Gasteiger partial charge on any atom is -0.394 e. The molecule has 32 heavy (non-hydrogen) atoms. The molecule has 5 N–H and O–H groups in total. The lowest BCUT2D eigenvalue weighted by atomic mass is 9.95. The number of nitrogens with one attached hydrogen (secondary N) is 2. The average Bonchev–Trinajstić information content (AvgIpc) is 3.18. The second kappa shape index (κ2) is 10.5. The summed E-state index contributed by atoms with van der Waals surface area (Å²) in [4.78, 5) is 34.7. The number of hydrogen-bond acceptors (Lipinski definition) is 11. The van der Waals surface area contributed by atoms with Crippen LogP contribution in [0.15, 0.2) is 0 Å². The Kier molecular flexibility index (Phi) is 8.16. The van der Waals surface area contributed by atoms with Gasteiger partial charge in [0, 0.05) is 13.8 Å². The van der Waals surface area contributed by atoms with Gasteiger partial charge in [-0.15, -0.1) is 0 Å². The molecule has 0 saturated carbocycles. The molecular formula is C19H30N2O11. The fourth-order valence-corrected chi connectivity index (χ4v) is 4.11. The molecule has 3 aliphatic rings. The Hall–Kier alpha value is -1.71. The molecule has 0 radical (unpaired) electrons. The number of carbonyl (C=O) groups is 3. The summed E-state index contributed by atoms with van der Waals surface area (Å²) in [7, 11) is 0. The van der Waals surface area contributed by atoms with E-state index in [-0.39, 0.29) is 12.5 Å².